The van der Waals surface area contributed by atoms with Gasteiger partial charge in [0, 0.05) is 5.56 Å². The molecule has 1 atom stereocenters. The number of hydrogen-bond acceptors (Lipinski definition) is 8. The number of halogens is 1. The molecule has 0 spiro atoms. The van der Waals surface area contributed by atoms with Crippen LogP contribution in [0.1, 0.15) is 50.6 Å². The van der Waals surface area contributed by atoms with Crippen LogP contribution in [0.3, 0.4) is 0 Å². The molecule has 11 heteroatoms. The topological polar surface area (TPSA) is 154 Å². The van der Waals surface area contributed by atoms with Crippen LogP contribution in [-0.4, -0.2) is 33.4 Å². The highest BCUT2D eigenvalue weighted by atomic mass is 35.5. The molecule has 1 aliphatic rings. The van der Waals surface area contributed by atoms with Crippen LogP contribution in [0.15, 0.2) is 70.5 Å². The molecule has 0 amide bonds. The maximum atomic E-state index is 12.3. The van der Waals surface area contributed by atoms with Gasteiger partial charge in [0.2, 0.25) is 11.8 Å². The van der Waals surface area contributed by atoms with E-state index < -0.39 is 17.9 Å². The fourth-order valence-corrected chi connectivity index (χ4v) is 4.65. The maximum absolute atomic E-state index is 12.3. The van der Waals surface area contributed by atoms with E-state index in [4.69, 9.17) is 31.2 Å². The van der Waals surface area contributed by atoms with Crippen LogP contribution < -0.4 is 10.5 Å². The van der Waals surface area contributed by atoms with Gasteiger partial charge in [-0.1, -0.05) is 17.7 Å². The summed E-state index contributed by atoms with van der Waals surface area (Å²) in [5, 5.41) is 24.2. The predicted molar refractivity (Wildman–Crippen MR) is 140 cm³/mol. The summed E-state index contributed by atoms with van der Waals surface area (Å²) in [5.41, 5.74) is 8.68. The highest BCUT2D eigenvalue weighted by molar-refractivity contribution is 6.33. The molecule has 2 aromatic carbocycles. The van der Waals surface area contributed by atoms with Gasteiger partial charge in [0.1, 0.15) is 23.2 Å². The van der Waals surface area contributed by atoms with Crippen molar-refractivity contribution in [3.05, 3.63) is 99.2 Å². The van der Waals surface area contributed by atoms with E-state index in [0.29, 0.717) is 34.0 Å². The van der Waals surface area contributed by atoms with Crippen molar-refractivity contribution in [2.45, 2.75) is 19.8 Å². The van der Waals surface area contributed by atoms with Gasteiger partial charge in [-0.25, -0.2) is 14.3 Å². The Morgan fingerprint density at radius 2 is 2.03 bits per heavy atom. The number of carbonyl (C=O) groups excluding carboxylic acids is 1. The van der Waals surface area contributed by atoms with Crippen molar-refractivity contribution in [1.82, 2.24) is 9.78 Å². The van der Waals surface area contributed by atoms with E-state index in [1.807, 2.05) is 0 Å². The van der Waals surface area contributed by atoms with Crippen molar-refractivity contribution in [1.29, 1.82) is 5.26 Å². The van der Waals surface area contributed by atoms with Crippen LogP contribution in [0.4, 0.5) is 0 Å². The van der Waals surface area contributed by atoms with Crippen LogP contribution >= 0.6 is 11.6 Å². The number of aromatic nitrogens is 2. The molecule has 196 valence electrons. The third kappa shape index (κ3) is 4.49. The summed E-state index contributed by atoms with van der Waals surface area (Å²) in [6.07, 6.45) is 0. The van der Waals surface area contributed by atoms with Gasteiger partial charge in [-0.2, -0.15) is 10.4 Å². The van der Waals surface area contributed by atoms with E-state index in [-0.39, 0.29) is 40.1 Å². The third-order valence-electron chi connectivity index (χ3n) is 6.23. The van der Waals surface area contributed by atoms with Crippen LogP contribution in [0.2, 0.25) is 5.02 Å². The number of rotatable bonds is 6. The van der Waals surface area contributed by atoms with Gasteiger partial charge < -0.3 is 24.7 Å². The molecule has 0 aliphatic carbocycles. The number of carboxylic acids is 1. The molecule has 0 radical (unpaired) electrons. The molecule has 3 N–H and O–H groups in total. The normalized spacial score (nSPS) is 14.4. The molecule has 0 fully saturated rings. The number of fused-ring (bicyclic) bond motifs is 1. The number of aromatic carboxylic acids is 1. The lowest BCUT2D eigenvalue weighted by Crippen LogP contribution is -2.21. The number of hydrogen-bond donors (Lipinski definition) is 2. The first-order valence-corrected chi connectivity index (χ1v) is 12.2. The first-order chi connectivity index (χ1) is 18.7. The third-order valence-corrected chi connectivity index (χ3v) is 6.56. The molecular formula is C28H21ClN4O6. The predicted octanol–water partition coefficient (Wildman–Crippen LogP) is 5.19. The first-order valence-electron chi connectivity index (χ1n) is 11.8. The first kappa shape index (κ1) is 25.6. The number of esters is 1. The summed E-state index contributed by atoms with van der Waals surface area (Å²) in [6, 6.07) is 16.6. The molecule has 1 unspecified atom stereocenters. The standard InChI is InChI=1S/C28H21ClN4O6/c1-3-37-28(36)18-12-15(7-8-20(18)29)21-9-10-22(38-21)24-19(13-30)25(31)39-26-23(24)14(2)32-33(26)17-6-4-5-16(11-17)27(34)35/h4-12,24H,3,31H2,1-2H3,(H,34,35). The van der Waals surface area contributed by atoms with Gasteiger partial charge in [-0.05, 0) is 62.4 Å². The van der Waals surface area contributed by atoms with Gasteiger partial charge in [0.05, 0.1) is 45.6 Å². The number of nitriles is 1. The molecule has 1 aliphatic heterocycles. The fourth-order valence-electron chi connectivity index (χ4n) is 4.45. The molecule has 0 bridgehead atoms. The lowest BCUT2D eigenvalue weighted by Gasteiger charge is -2.23. The molecule has 39 heavy (non-hydrogen) atoms. The molecule has 0 saturated carbocycles. The van der Waals surface area contributed by atoms with Gasteiger partial charge >= 0.3 is 11.9 Å². The van der Waals surface area contributed by atoms with Crippen molar-refractivity contribution in [3.8, 4) is 29.0 Å². The van der Waals surface area contributed by atoms with E-state index in [1.54, 1.807) is 56.3 Å². The van der Waals surface area contributed by atoms with Crippen molar-refractivity contribution in [2.24, 2.45) is 5.73 Å². The molecule has 5 rings (SSSR count). The smallest absolute Gasteiger partial charge is 0.339 e. The minimum atomic E-state index is -1.09. The summed E-state index contributed by atoms with van der Waals surface area (Å²) in [7, 11) is 0. The molecular weight excluding hydrogens is 524 g/mol. The van der Waals surface area contributed by atoms with Crippen LogP contribution in [0.25, 0.3) is 17.0 Å². The van der Waals surface area contributed by atoms with Gasteiger partial charge in [0.15, 0.2) is 0 Å². The van der Waals surface area contributed by atoms with Crippen molar-refractivity contribution >= 4 is 23.5 Å². The highest BCUT2D eigenvalue weighted by Crippen LogP contribution is 2.45. The van der Waals surface area contributed by atoms with Gasteiger partial charge in [0.25, 0.3) is 0 Å². The van der Waals surface area contributed by atoms with Crippen molar-refractivity contribution in [3.63, 3.8) is 0 Å². The fraction of sp³-hybridized carbons (Fsp3) is 0.143. The minimum absolute atomic E-state index is 0.0730. The Kier molecular flexibility index (Phi) is 6.60. The quantitative estimate of drug-likeness (QED) is 0.312. The number of benzene rings is 2. The molecule has 2 aromatic heterocycles. The highest BCUT2D eigenvalue weighted by Gasteiger charge is 2.38. The number of carbonyl (C=O) groups is 2. The number of ether oxygens (including phenoxy) is 2. The molecule has 10 nitrogen and oxygen atoms in total. The Balaban J connectivity index is 1.60. The Bertz CT molecular complexity index is 1710. The summed E-state index contributed by atoms with van der Waals surface area (Å²) in [4.78, 5) is 23.8. The minimum Gasteiger partial charge on any atom is -0.478 e. The zero-order valence-corrected chi connectivity index (χ0v) is 21.5. The molecule has 4 aromatic rings. The van der Waals surface area contributed by atoms with E-state index in [9.17, 15) is 20.0 Å². The number of allylic oxidation sites excluding steroid dienone is 1. The summed E-state index contributed by atoms with van der Waals surface area (Å²) in [5.74, 6) is -1.46. The van der Waals surface area contributed by atoms with Crippen LogP contribution in [-0.2, 0) is 4.74 Å². The van der Waals surface area contributed by atoms with Gasteiger partial charge in [-0.3, -0.25) is 0 Å². The molecule has 0 saturated heterocycles. The lowest BCUT2D eigenvalue weighted by molar-refractivity contribution is 0.0526. The lowest BCUT2D eigenvalue weighted by atomic mass is 9.88. The van der Waals surface area contributed by atoms with Crippen molar-refractivity contribution in [2.75, 3.05) is 6.61 Å². The summed E-state index contributed by atoms with van der Waals surface area (Å²) >= 11 is 6.21. The SMILES string of the molecule is CCOC(=O)c1cc(-c2ccc(C3C(C#N)=C(N)Oc4c3c(C)nn4-c3cccc(C(=O)O)c3)o2)ccc1Cl. The Morgan fingerprint density at radius 1 is 1.23 bits per heavy atom. The summed E-state index contributed by atoms with van der Waals surface area (Å²) < 4.78 is 18.6. The van der Waals surface area contributed by atoms with Crippen molar-refractivity contribution < 1.29 is 28.6 Å². The number of aryl methyl sites for hydroxylation is 1. The number of furan rings is 1. The monoisotopic (exact) mass is 544 g/mol. The summed E-state index contributed by atoms with van der Waals surface area (Å²) in [6.45, 7) is 3.65. The second-order valence-corrected chi connectivity index (χ2v) is 9.02. The zero-order chi connectivity index (χ0) is 27.8. The number of carboxylic acid groups (broad SMARTS) is 1. The average Bonchev–Trinajstić information content (AvgIpc) is 3.53. The number of nitrogens with two attached hydrogens (primary N) is 1. The Labute approximate surface area is 227 Å². The van der Waals surface area contributed by atoms with Crippen LogP contribution in [0.5, 0.6) is 5.88 Å². The Hall–Kier alpha value is -5.01. The largest absolute Gasteiger partial charge is 0.478 e. The zero-order valence-electron chi connectivity index (χ0n) is 20.8. The molecule has 3 heterocycles. The second-order valence-electron chi connectivity index (χ2n) is 8.61. The van der Waals surface area contributed by atoms with E-state index in [0.717, 1.165) is 0 Å². The van der Waals surface area contributed by atoms with E-state index >= 15 is 0 Å². The Morgan fingerprint density at radius 3 is 2.74 bits per heavy atom. The number of nitrogens with zero attached hydrogens (tertiary/aromatic N) is 3. The van der Waals surface area contributed by atoms with Crippen LogP contribution in [0, 0.1) is 18.3 Å². The second kappa shape index (κ2) is 10.0. The van der Waals surface area contributed by atoms with E-state index in [2.05, 4.69) is 11.2 Å². The van der Waals surface area contributed by atoms with E-state index in [1.165, 1.54) is 16.8 Å². The van der Waals surface area contributed by atoms with Gasteiger partial charge in [-0.15, -0.1) is 0 Å². The average molecular weight is 545 g/mol. The maximum Gasteiger partial charge on any atom is 0.339 e.